The van der Waals surface area contributed by atoms with E-state index in [0.29, 0.717) is 19.2 Å². The zero-order chi connectivity index (χ0) is 8.85. The van der Waals surface area contributed by atoms with Gasteiger partial charge in [-0.25, -0.2) is 0 Å². The zero-order valence-corrected chi connectivity index (χ0v) is 7.87. The first-order valence-corrected chi connectivity index (χ1v) is 3.95. The van der Waals surface area contributed by atoms with Crippen molar-refractivity contribution in [2.24, 2.45) is 0 Å². The monoisotopic (exact) mass is 161 g/mol. The number of rotatable bonds is 5. The van der Waals surface area contributed by atoms with Crippen molar-refractivity contribution >= 4 is 0 Å². The molecule has 11 heavy (non-hydrogen) atoms. The molecule has 1 N–H and O–H groups in total. The van der Waals surface area contributed by atoms with Crippen LogP contribution in [0.4, 0.5) is 0 Å². The summed E-state index contributed by atoms with van der Waals surface area (Å²) >= 11 is 0. The van der Waals surface area contributed by atoms with Gasteiger partial charge in [0.05, 0.1) is 12.7 Å². The summed E-state index contributed by atoms with van der Waals surface area (Å²) < 4.78 is 4.81. The van der Waals surface area contributed by atoms with Gasteiger partial charge < -0.3 is 14.7 Å². The third-order valence-electron chi connectivity index (χ3n) is 1.74. The van der Waals surface area contributed by atoms with Crippen LogP contribution in [0.3, 0.4) is 0 Å². The van der Waals surface area contributed by atoms with Crippen molar-refractivity contribution in [3.63, 3.8) is 0 Å². The fourth-order valence-corrected chi connectivity index (χ4v) is 0.788. The van der Waals surface area contributed by atoms with Crippen LogP contribution in [0.5, 0.6) is 0 Å². The highest BCUT2D eigenvalue weighted by atomic mass is 16.5. The minimum atomic E-state index is -0.368. The molecule has 0 aromatic rings. The van der Waals surface area contributed by atoms with Crippen molar-refractivity contribution in [2.45, 2.75) is 26.0 Å². The molecule has 0 saturated heterocycles. The molecule has 0 amide bonds. The topological polar surface area (TPSA) is 32.7 Å². The molecule has 0 aliphatic carbocycles. The fourth-order valence-electron chi connectivity index (χ4n) is 0.788. The molecule has 0 aliphatic rings. The van der Waals surface area contributed by atoms with Crippen molar-refractivity contribution in [1.82, 2.24) is 4.90 Å². The van der Waals surface area contributed by atoms with E-state index >= 15 is 0 Å². The summed E-state index contributed by atoms with van der Waals surface area (Å²) in [5.41, 5.74) is 0. The van der Waals surface area contributed by atoms with Gasteiger partial charge in [0.2, 0.25) is 0 Å². The van der Waals surface area contributed by atoms with Crippen molar-refractivity contribution in [1.29, 1.82) is 0 Å². The summed E-state index contributed by atoms with van der Waals surface area (Å²) in [5, 5.41) is 9.30. The largest absolute Gasteiger partial charge is 0.389 e. The first-order chi connectivity index (χ1) is 5.07. The fraction of sp³-hybridized carbons (Fsp3) is 1.00. The number of nitrogens with zero attached hydrogens (tertiary/aromatic N) is 1. The molecule has 0 saturated carbocycles. The zero-order valence-electron chi connectivity index (χ0n) is 7.87. The molecule has 0 fully saturated rings. The van der Waals surface area contributed by atoms with E-state index in [2.05, 4.69) is 18.7 Å². The lowest BCUT2D eigenvalue weighted by Crippen LogP contribution is -2.36. The minimum Gasteiger partial charge on any atom is -0.389 e. The Labute approximate surface area is 69.0 Å². The van der Waals surface area contributed by atoms with Crippen LogP contribution in [0.15, 0.2) is 0 Å². The number of hydrogen-bond donors (Lipinski definition) is 1. The number of likely N-dealkylation sites (N-methyl/N-ethyl adjacent to an activating group) is 1. The lowest BCUT2D eigenvalue weighted by molar-refractivity contribution is 0.0374. The predicted molar refractivity (Wildman–Crippen MR) is 45.6 cm³/mol. The van der Waals surface area contributed by atoms with Crippen LogP contribution < -0.4 is 0 Å². The van der Waals surface area contributed by atoms with Gasteiger partial charge in [0.15, 0.2) is 0 Å². The molecule has 1 unspecified atom stereocenters. The predicted octanol–water partition coefficient (Wildman–Crippen LogP) is 0.334. The summed E-state index contributed by atoms with van der Waals surface area (Å²) in [4.78, 5) is 2.09. The molecule has 0 rings (SSSR count). The number of ether oxygens (including phenoxy) is 1. The molecule has 0 radical (unpaired) electrons. The van der Waals surface area contributed by atoms with Gasteiger partial charge in [-0.2, -0.15) is 0 Å². The van der Waals surface area contributed by atoms with Crippen molar-refractivity contribution in [3.8, 4) is 0 Å². The minimum absolute atomic E-state index is 0.368. The van der Waals surface area contributed by atoms with Crippen LogP contribution in [0.25, 0.3) is 0 Å². The highest BCUT2D eigenvalue weighted by Gasteiger charge is 2.09. The SMILES string of the molecule is COCC(O)CN(C)C(C)C. The normalized spacial score (nSPS) is 14.5. The molecule has 3 heteroatoms. The molecule has 68 valence electrons. The van der Waals surface area contributed by atoms with Gasteiger partial charge in [-0.3, -0.25) is 0 Å². The van der Waals surface area contributed by atoms with E-state index in [4.69, 9.17) is 4.74 Å². The maximum absolute atomic E-state index is 9.30. The summed E-state index contributed by atoms with van der Waals surface area (Å²) in [6.07, 6.45) is -0.368. The van der Waals surface area contributed by atoms with E-state index in [1.54, 1.807) is 7.11 Å². The van der Waals surface area contributed by atoms with Crippen LogP contribution in [-0.4, -0.2) is 49.5 Å². The van der Waals surface area contributed by atoms with Gasteiger partial charge in [0.25, 0.3) is 0 Å². The van der Waals surface area contributed by atoms with Gasteiger partial charge in [-0.1, -0.05) is 0 Å². The highest BCUT2D eigenvalue weighted by molar-refractivity contribution is 4.63. The van der Waals surface area contributed by atoms with E-state index in [-0.39, 0.29) is 6.10 Å². The second-order valence-corrected chi connectivity index (χ2v) is 3.14. The average Bonchev–Trinajstić information content (AvgIpc) is 1.87. The number of methoxy groups -OCH3 is 1. The Morgan fingerprint density at radius 2 is 2.00 bits per heavy atom. The number of hydrogen-bond acceptors (Lipinski definition) is 3. The molecule has 0 aromatic heterocycles. The molecule has 0 aliphatic heterocycles. The summed E-state index contributed by atoms with van der Waals surface area (Å²) in [6.45, 7) is 5.28. The summed E-state index contributed by atoms with van der Waals surface area (Å²) in [6, 6.07) is 0.474. The van der Waals surface area contributed by atoms with Crippen molar-refractivity contribution < 1.29 is 9.84 Å². The Morgan fingerprint density at radius 3 is 2.36 bits per heavy atom. The van der Waals surface area contributed by atoms with E-state index in [1.807, 2.05) is 7.05 Å². The first-order valence-electron chi connectivity index (χ1n) is 3.95. The van der Waals surface area contributed by atoms with E-state index in [9.17, 15) is 5.11 Å². The van der Waals surface area contributed by atoms with Crippen LogP contribution in [0, 0.1) is 0 Å². The Bertz CT molecular complexity index is 96.1. The average molecular weight is 161 g/mol. The summed E-state index contributed by atoms with van der Waals surface area (Å²) in [7, 11) is 3.59. The van der Waals surface area contributed by atoms with Gasteiger partial charge >= 0.3 is 0 Å². The van der Waals surface area contributed by atoms with Gasteiger partial charge in [-0.05, 0) is 20.9 Å². The van der Waals surface area contributed by atoms with Crippen LogP contribution >= 0.6 is 0 Å². The smallest absolute Gasteiger partial charge is 0.0900 e. The maximum atomic E-state index is 9.30. The lowest BCUT2D eigenvalue weighted by Gasteiger charge is -2.23. The molecule has 0 heterocycles. The molecular weight excluding hydrogens is 142 g/mol. The van der Waals surface area contributed by atoms with Gasteiger partial charge in [0.1, 0.15) is 0 Å². The van der Waals surface area contributed by atoms with Crippen LogP contribution in [-0.2, 0) is 4.74 Å². The molecule has 3 nitrogen and oxygen atoms in total. The third-order valence-corrected chi connectivity index (χ3v) is 1.74. The number of aliphatic hydroxyl groups is 1. The molecule has 0 aromatic carbocycles. The summed E-state index contributed by atoms with van der Waals surface area (Å²) in [5.74, 6) is 0. The van der Waals surface area contributed by atoms with Crippen LogP contribution in [0.2, 0.25) is 0 Å². The standard InChI is InChI=1S/C8H19NO2/c1-7(2)9(3)5-8(10)6-11-4/h7-8,10H,5-6H2,1-4H3. The Balaban J connectivity index is 3.48. The van der Waals surface area contributed by atoms with Gasteiger partial charge in [0, 0.05) is 19.7 Å². The molecular formula is C8H19NO2. The second-order valence-electron chi connectivity index (χ2n) is 3.14. The van der Waals surface area contributed by atoms with Crippen LogP contribution in [0.1, 0.15) is 13.8 Å². The van der Waals surface area contributed by atoms with Crippen molar-refractivity contribution in [3.05, 3.63) is 0 Å². The number of aliphatic hydroxyl groups excluding tert-OH is 1. The highest BCUT2D eigenvalue weighted by Crippen LogP contribution is 1.95. The Hall–Kier alpha value is -0.120. The van der Waals surface area contributed by atoms with E-state index in [0.717, 1.165) is 0 Å². The Kier molecular flexibility index (Phi) is 5.46. The van der Waals surface area contributed by atoms with Crippen molar-refractivity contribution in [2.75, 3.05) is 27.3 Å². The first kappa shape index (κ1) is 10.9. The maximum Gasteiger partial charge on any atom is 0.0900 e. The third kappa shape index (κ3) is 5.18. The van der Waals surface area contributed by atoms with E-state index < -0.39 is 0 Å². The second kappa shape index (κ2) is 5.52. The van der Waals surface area contributed by atoms with E-state index in [1.165, 1.54) is 0 Å². The Morgan fingerprint density at radius 1 is 1.45 bits per heavy atom. The quantitative estimate of drug-likeness (QED) is 0.631. The molecule has 0 bridgehead atoms. The molecule has 1 atom stereocenters. The lowest BCUT2D eigenvalue weighted by atomic mass is 10.3. The molecule has 0 spiro atoms. The van der Waals surface area contributed by atoms with Gasteiger partial charge in [-0.15, -0.1) is 0 Å².